The van der Waals surface area contributed by atoms with Crippen LogP contribution in [0.15, 0.2) is 0 Å². The quantitative estimate of drug-likeness (QED) is 0.249. The smallest absolute Gasteiger partial charge is 0.340 e. The summed E-state index contributed by atoms with van der Waals surface area (Å²) in [5.74, 6) is 0.0848. The highest BCUT2D eigenvalue weighted by Gasteiger charge is 2.57. The number of epoxide rings is 1. The lowest BCUT2D eigenvalue weighted by atomic mass is 9.89. The van der Waals surface area contributed by atoms with Crippen molar-refractivity contribution in [3.63, 3.8) is 0 Å². The first kappa shape index (κ1) is 19.5. The highest BCUT2D eigenvalue weighted by atomic mass is 16.6. The predicted molar refractivity (Wildman–Crippen MR) is 90.9 cm³/mol. The van der Waals surface area contributed by atoms with E-state index in [1.54, 1.807) is 0 Å². The summed E-state index contributed by atoms with van der Waals surface area (Å²) in [4.78, 5) is 11.7. The maximum atomic E-state index is 11.7. The van der Waals surface area contributed by atoms with Crippen LogP contribution in [0.25, 0.3) is 0 Å². The molecule has 2 unspecified atom stereocenters. The lowest BCUT2D eigenvalue weighted by Crippen LogP contribution is -2.33. The Bertz CT molecular complexity index is 297. The fourth-order valence-electron chi connectivity index (χ4n) is 3.20. The van der Waals surface area contributed by atoms with Crippen LogP contribution in [0.5, 0.6) is 0 Å². The second-order valence-electron chi connectivity index (χ2n) is 6.90. The minimum Gasteiger partial charge on any atom is -0.467 e. The molecule has 3 heteroatoms. The van der Waals surface area contributed by atoms with Gasteiger partial charge in [-0.15, -0.1) is 0 Å². The average molecular weight is 312 g/mol. The van der Waals surface area contributed by atoms with E-state index in [2.05, 4.69) is 13.8 Å². The van der Waals surface area contributed by atoms with Crippen molar-refractivity contribution in [2.24, 2.45) is 5.92 Å². The molecule has 1 saturated heterocycles. The number of hydrogen-bond acceptors (Lipinski definition) is 3. The van der Waals surface area contributed by atoms with Crippen LogP contribution in [-0.2, 0) is 14.3 Å². The van der Waals surface area contributed by atoms with E-state index in [-0.39, 0.29) is 11.9 Å². The summed E-state index contributed by atoms with van der Waals surface area (Å²) in [6, 6.07) is 0. The summed E-state index contributed by atoms with van der Waals surface area (Å²) in [6.07, 6.45) is 16.0. The van der Waals surface area contributed by atoms with Crippen molar-refractivity contribution in [3.05, 3.63) is 0 Å². The van der Waals surface area contributed by atoms with Gasteiger partial charge in [-0.2, -0.15) is 0 Å². The van der Waals surface area contributed by atoms with Gasteiger partial charge >= 0.3 is 5.97 Å². The third-order valence-electron chi connectivity index (χ3n) is 5.02. The molecule has 130 valence electrons. The fourth-order valence-corrected chi connectivity index (χ4v) is 3.20. The number of ether oxygens (including phenoxy) is 2. The summed E-state index contributed by atoms with van der Waals surface area (Å²) in [5, 5.41) is 0. The molecule has 1 aliphatic rings. The van der Waals surface area contributed by atoms with Crippen LogP contribution < -0.4 is 0 Å². The van der Waals surface area contributed by atoms with Gasteiger partial charge in [0.05, 0.1) is 13.7 Å². The second kappa shape index (κ2) is 11.0. The van der Waals surface area contributed by atoms with Crippen molar-refractivity contribution < 1.29 is 14.3 Å². The largest absolute Gasteiger partial charge is 0.467 e. The molecule has 0 radical (unpaired) electrons. The molecule has 0 saturated carbocycles. The second-order valence-corrected chi connectivity index (χ2v) is 6.90. The first-order valence-electron chi connectivity index (χ1n) is 9.39. The van der Waals surface area contributed by atoms with Crippen molar-refractivity contribution in [2.75, 3.05) is 13.7 Å². The summed E-state index contributed by atoms with van der Waals surface area (Å²) in [6.45, 7) is 4.92. The Morgan fingerprint density at radius 2 is 1.45 bits per heavy atom. The molecular weight excluding hydrogens is 276 g/mol. The van der Waals surface area contributed by atoms with Gasteiger partial charge in [0.25, 0.3) is 0 Å². The highest BCUT2D eigenvalue weighted by molar-refractivity contribution is 5.82. The SMILES string of the molecule is CCCCCCCCCCCCCC(C)C1(C(=O)OC)CO1. The van der Waals surface area contributed by atoms with Gasteiger partial charge in [-0.05, 0) is 12.3 Å². The Morgan fingerprint density at radius 3 is 1.86 bits per heavy atom. The van der Waals surface area contributed by atoms with Crippen LogP contribution in [0, 0.1) is 5.92 Å². The molecule has 22 heavy (non-hydrogen) atoms. The lowest BCUT2D eigenvalue weighted by molar-refractivity contribution is -0.149. The van der Waals surface area contributed by atoms with Crippen LogP contribution in [0.1, 0.15) is 90.9 Å². The van der Waals surface area contributed by atoms with E-state index in [9.17, 15) is 4.79 Å². The molecule has 0 bridgehead atoms. The Morgan fingerprint density at radius 1 is 1.00 bits per heavy atom. The third-order valence-corrected chi connectivity index (χ3v) is 5.02. The summed E-state index contributed by atoms with van der Waals surface area (Å²) < 4.78 is 10.2. The van der Waals surface area contributed by atoms with Crippen molar-refractivity contribution >= 4 is 5.97 Å². The molecule has 1 heterocycles. The van der Waals surface area contributed by atoms with E-state index in [1.165, 1.54) is 77.7 Å². The van der Waals surface area contributed by atoms with E-state index in [1.807, 2.05) is 0 Å². The van der Waals surface area contributed by atoms with Crippen LogP contribution in [0.2, 0.25) is 0 Å². The maximum Gasteiger partial charge on any atom is 0.340 e. The Balaban J connectivity index is 1.90. The molecule has 1 fully saturated rings. The summed E-state index contributed by atoms with van der Waals surface area (Å²) in [5.41, 5.74) is -0.604. The van der Waals surface area contributed by atoms with Gasteiger partial charge < -0.3 is 9.47 Å². The predicted octanol–water partition coefficient (Wildman–Crippen LogP) is 5.27. The van der Waals surface area contributed by atoms with E-state index in [4.69, 9.17) is 9.47 Å². The molecule has 0 aromatic carbocycles. The van der Waals surface area contributed by atoms with E-state index >= 15 is 0 Å². The minimum atomic E-state index is -0.604. The first-order valence-corrected chi connectivity index (χ1v) is 9.39. The molecule has 3 nitrogen and oxygen atoms in total. The topological polar surface area (TPSA) is 38.8 Å². The zero-order valence-electron chi connectivity index (χ0n) is 15.0. The standard InChI is InChI=1S/C19H36O3/c1-4-5-6-7-8-9-10-11-12-13-14-15-17(2)19(16-22-19)18(20)21-3/h17H,4-16H2,1-3H3. The van der Waals surface area contributed by atoms with Gasteiger partial charge in [0.2, 0.25) is 0 Å². The Labute approximate surface area is 137 Å². The summed E-state index contributed by atoms with van der Waals surface area (Å²) in [7, 11) is 1.45. The van der Waals surface area contributed by atoms with E-state index in [0.717, 1.165) is 6.42 Å². The molecule has 1 rings (SSSR count). The monoisotopic (exact) mass is 312 g/mol. The molecule has 2 atom stereocenters. The highest BCUT2D eigenvalue weighted by Crippen LogP contribution is 2.39. The summed E-state index contributed by atoms with van der Waals surface area (Å²) >= 11 is 0. The van der Waals surface area contributed by atoms with Gasteiger partial charge in [-0.3, -0.25) is 0 Å². The number of carbonyl (C=O) groups is 1. The maximum absolute atomic E-state index is 11.7. The van der Waals surface area contributed by atoms with Gasteiger partial charge in [0.1, 0.15) is 0 Å². The van der Waals surface area contributed by atoms with Crippen molar-refractivity contribution in [1.82, 2.24) is 0 Å². The average Bonchev–Trinajstić information content (AvgIpc) is 3.33. The Hall–Kier alpha value is -0.570. The van der Waals surface area contributed by atoms with Crippen molar-refractivity contribution in [1.29, 1.82) is 0 Å². The zero-order chi connectivity index (χ0) is 16.3. The minimum absolute atomic E-state index is 0.192. The van der Waals surface area contributed by atoms with Crippen LogP contribution in [-0.4, -0.2) is 25.3 Å². The number of hydrogen-bond donors (Lipinski definition) is 0. The first-order chi connectivity index (χ1) is 10.7. The van der Waals surface area contributed by atoms with E-state index < -0.39 is 5.60 Å². The zero-order valence-corrected chi connectivity index (χ0v) is 15.0. The molecule has 0 aromatic heterocycles. The number of methoxy groups -OCH3 is 1. The number of carbonyl (C=O) groups excluding carboxylic acids is 1. The van der Waals surface area contributed by atoms with E-state index in [0.29, 0.717) is 6.61 Å². The van der Waals surface area contributed by atoms with Gasteiger partial charge in [-0.25, -0.2) is 4.79 Å². The molecule has 0 aliphatic carbocycles. The molecule has 0 aromatic rings. The van der Waals surface area contributed by atoms with Crippen molar-refractivity contribution in [3.8, 4) is 0 Å². The molecular formula is C19H36O3. The number of esters is 1. The van der Waals surface area contributed by atoms with Crippen LogP contribution in [0.3, 0.4) is 0 Å². The lowest BCUT2D eigenvalue weighted by Gasteiger charge is -2.17. The van der Waals surface area contributed by atoms with Gasteiger partial charge in [-0.1, -0.05) is 84.5 Å². The fraction of sp³-hybridized carbons (Fsp3) is 0.947. The van der Waals surface area contributed by atoms with Gasteiger partial charge in [0.15, 0.2) is 5.60 Å². The normalized spacial score (nSPS) is 21.6. The molecule has 0 N–H and O–H groups in total. The van der Waals surface area contributed by atoms with Crippen molar-refractivity contribution in [2.45, 2.75) is 96.5 Å². The van der Waals surface area contributed by atoms with Crippen LogP contribution in [0.4, 0.5) is 0 Å². The third kappa shape index (κ3) is 6.68. The Kier molecular flexibility index (Phi) is 9.77. The number of rotatable bonds is 14. The van der Waals surface area contributed by atoms with Crippen LogP contribution >= 0.6 is 0 Å². The molecule has 0 spiro atoms. The number of unbranched alkanes of at least 4 members (excludes halogenated alkanes) is 10. The molecule has 0 amide bonds. The molecule has 1 aliphatic heterocycles. The van der Waals surface area contributed by atoms with Gasteiger partial charge in [0, 0.05) is 0 Å².